The number of para-hydroxylation sites is 1. The molecule has 3 rings (SSSR count). The van der Waals surface area contributed by atoms with Gasteiger partial charge in [-0.1, -0.05) is 6.07 Å². The molecule has 78 valence electrons. The number of rotatable bonds is 1. The summed E-state index contributed by atoms with van der Waals surface area (Å²) in [5.41, 5.74) is 2.13. The Balaban J connectivity index is 2.09. The zero-order chi connectivity index (χ0) is 10.3. The first kappa shape index (κ1) is 9.36. The number of fused-ring (bicyclic) bond motifs is 1. The second-order valence-corrected chi connectivity index (χ2v) is 4.76. The van der Waals surface area contributed by atoms with Gasteiger partial charge in [-0.25, -0.2) is 4.98 Å². The molecule has 15 heavy (non-hydrogen) atoms. The van der Waals surface area contributed by atoms with Crippen molar-refractivity contribution >= 4 is 27.0 Å². The quantitative estimate of drug-likeness (QED) is 0.833. The molecule has 1 fully saturated rings. The first-order valence-electron chi connectivity index (χ1n) is 5.22. The molecule has 0 unspecified atom stereocenters. The van der Waals surface area contributed by atoms with Gasteiger partial charge in [0.15, 0.2) is 0 Å². The van der Waals surface area contributed by atoms with E-state index in [0.717, 1.165) is 27.9 Å². The van der Waals surface area contributed by atoms with Gasteiger partial charge in [-0.15, -0.1) is 0 Å². The maximum Gasteiger partial charge on any atom is 0.124 e. The van der Waals surface area contributed by atoms with Gasteiger partial charge in [0.25, 0.3) is 0 Å². The summed E-state index contributed by atoms with van der Waals surface area (Å²) in [6.45, 7) is 1.10. The molecule has 1 aromatic heterocycles. The van der Waals surface area contributed by atoms with Crippen molar-refractivity contribution in [3.05, 3.63) is 28.5 Å². The number of H-pyrrole nitrogens is 1. The maximum absolute atomic E-state index is 4.63. The van der Waals surface area contributed by atoms with Crippen LogP contribution < -0.4 is 5.32 Å². The molecule has 1 saturated heterocycles. The van der Waals surface area contributed by atoms with Crippen molar-refractivity contribution in [2.75, 3.05) is 6.54 Å². The van der Waals surface area contributed by atoms with Crippen molar-refractivity contribution in [3.63, 3.8) is 0 Å². The van der Waals surface area contributed by atoms with Crippen LogP contribution in [0.25, 0.3) is 11.0 Å². The second-order valence-electron chi connectivity index (χ2n) is 3.91. The van der Waals surface area contributed by atoms with Crippen LogP contribution in [0.2, 0.25) is 0 Å². The van der Waals surface area contributed by atoms with Gasteiger partial charge in [-0.2, -0.15) is 0 Å². The van der Waals surface area contributed by atoms with E-state index in [-0.39, 0.29) is 0 Å². The van der Waals surface area contributed by atoms with E-state index >= 15 is 0 Å². The molecule has 2 aromatic rings. The highest BCUT2D eigenvalue weighted by Gasteiger charge is 2.19. The Labute approximate surface area is 96.4 Å². The van der Waals surface area contributed by atoms with Gasteiger partial charge in [0, 0.05) is 4.47 Å². The number of aromatic amines is 1. The Morgan fingerprint density at radius 3 is 3.07 bits per heavy atom. The number of aromatic nitrogens is 2. The fraction of sp³-hybridized carbons (Fsp3) is 0.364. The second kappa shape index (κ2) is 3.61. The number of nitrogens with one attached hydrogen (secondary N) is 2. The summed E-state index contributed by atoms with van der Waals surface area (Å²) < 4.78 is 1.06. The highest BCUT2D eigenvalue weighted by atomic mass is 79.9. The summed E-state index contributed by atoms with van der Waals surface area (Å²) in [6.07, 6.45) is 2.42. The predicted molar refractivity (Wildman–Crippen MR) is 63.8 cm³/mol. The average Bonchev–Trinajstić information content (AvgIpc) is 2.86. The predicted octanol–water partition coefficient (Wildman–Crippen LogP) is 2.75. The molecule has 4 heteroatoms. The van der Waals surface area contributed by atoms with E-state index < -0.39 is 0 Å². The molecular formula is C11H12BrN3. The molecule has 2 N–H and O–H groups in total. The van der Waals surface area contributed by atoms with Crippen LogP contribution in [0, 0.1) is 0 Å². The number of halogens is 1. The van der Waals surface area contributed by atoms with Crippen LogP contribution in [0.4, 0.5) is 0 Å². The molecule has 0 amide bonds. The third-order valence-corrected chi connectivity index (χ3v) is 3.51. The minimum absolute atomic E-state index is 0.407. The zero-order valence-electron chi connectivity index (χ0n) is 8.26. The molecule has 1 aliphatic heterocycles. The summed E-state index contributed by atoms with van der Waals surface area (Å²) in [7, 11) is 0. The van der Waals surface area contributed by atoms with E-state index in [1.807, 2.05) is 12.1 Å². The van der Waals surface area contributed by atoms with Crippen LogP contribution in [0.15, 0.2) is 22.7 Å². The summed E-state index contributed by atoms with van der Waals surface area (Å²) in [4.78, 5) is 8.00. The monoisotopic (exact) mass is 265 g/mol. The van der Waals surface area contributed by atoms with Crippen LogP contribution in [-0.2, 0) is 0 Å². The first-order valence-corrected chi connectivity index (χ1v) is 6.01. The first-order chi connectivity index (χ1) is 7.34. The highest BCUT2D eigenvalue weighted by molar-refractivity contribution is 9.10. The van der Waals surface area contributed by atoms with Crippen LogP contribution >= 0.6 is 15.9 Å². The number of hydrogen-bond donors (Lipinski definition) is 2. The fourth-order valence-corrected chi connectivity index (χ4v) is 2.55. The van der Waals surface area contributed by atoms with Crippen molar-refractivity contribution in [3.8, 4) is 0 Å². The van der Waals surface area contributed by atoms with Gasteiger partial charge < -0.3 is 10.3 Å². The minimum atomic E-state index is 0.407. The van der Waals surface area contributed by atoms with Gasteiger partial charge in [0.1, 0.15) is 11.3 Å². The smallest absolute Gasteiger partial charge is 0.124 e. The van der Waals surface area contributed by atoms with Crippen LogP contribution in [0.5, 0.6) is 0 Å². The Hall–Kier alpha value is -0.870. The number of nitrogens with zero attached hydrogens (tertiary/aromatic N) is 1. The van der Waals surface area contributed by atoms with Crippen LogP contribution in [0.3, 0.4) is 0 Å². The molecule has 0 bridgehead atoms. The molecule has 2 heterocycles. The van der Waals surface area contributed by atoms with E-state index in [4.69, 9.17) is 0 Å². The van der Waals surface area contributed by atoms with Crippen molar-refractivity contribution < 1.29 is 0 Å². The summed E-state index contributed by atoms with van der Waals surface area (Å²) in [5, 5.41) is 3.44. The fourth-order valence-electron chi connectivity index (χ4n) is 2.10. The van der Waals surface area contributed by atoms with E-state index in [1.165, 1.54) is 12.8 Å². The van der Waals surface area contributed by atoms with Crippen molar-refractivity contribution in [2.45, 2.75) is 18.9 Å². The van der Waals surface area contributed by atoms with E-state index in [2.05, 4.69) is 37.3 Å². The zero-order valence-corrected chi connectivity index (χ0v) is 9.84. The summed E-state index contributed by atoms with van der Waals surface area (Å²) in [6, 6.07) is 6.51. The van der Waals surface area contributed by atoms with Gasteiger partial charge in [-0.05, 0) is 47.4 Å². The maximum atomic E-state index is 4.63. The Bertz CT molecular complexity index is 486. The number of hydrogen-bond acceptors (Lipinski definition) is 2. The molecule has 0 aliphatic carbocycles. The Kier molecular flexibility index (Phi) is 2.25. The van der Waals surface area contributed by atoms with Crippen molar-refractivity contribution in [1.29, 1.82) is 0 Å². The lowest BCUT2D eigenvalue weighted by atomic mass is 10.2. The lowest BCUT2D eigenvalue weighted by Crippen LogP contribution is -2.13. The lowest BCUT2D eigenvalue weighted by molar-refractivity contribution is 0.614. The van der Waals surface area contributed by atoms with E-state index in [1.54, 1.807) is 0 Å². The SMILES string of the molecule is Brc1cccc2[nH]c([C@@H]3CCCN3)nc12. The van der Waals surface area contributed by atoms with Gasteiger partial charge in [0.05, 0.1) is 11.6 Å². The standard InChI is InChI=1S/C11H12BrN3/c12-7-3-1-4-8-10(7)15-11(14-8)9-5-2-6-13-9/h1,3-4,9,13H,2,5-6H2,(H,14,15)/t9-/m0/s1. The van der Waals surface area contributed by atoms with Crippen molar-refractivity contribution in [1.82, 2.24) is 15.3 Å². The molecule has 0 saturated carbocycles. The number of imidazole rings is 1. The third kappa shape index (κ3) is 1.58. The molecule has 1 aromatic carbocycles. The summed E-state index contributed by atoms with van der Waals surface area (Å²) >= 11 is 3.52. The van der Waals surface area contributed by atoms with Gasteiger partial charge in [0.2, 0.25) is 0 Å². The van der Waals surface area contributed by atoms with Crippen LogP contribution in [0.1, 0.15) is 24.7 Å². The molecule has 0 radical (unpaired) electrons. The normalized spacial score (nSPS) is 21.3. The molecule has 1 aliphatic rings. The molecule has 1 atom stereocenters. The topological polar surface area (TPSA) is 40.7 Å². The summed E-state index contributed by atoms with van der Waals surface area (Å²) in [5.74, 6) is 1.06. The minimum Gasteiger partial charge on any atom is -0.341 e. The van der Waals surface area contributed by atoms with Crippen molar-refractivity contribution in [2.24, 2.45) is 0 Å². The largest absolute Gasteiger partial charge is 0.341 e. The molecular weight excluding hydrogens is 254 g/mol. The van der Waals surface area contributed by atoms with Gasteiger partial charge in [-0.3, -0.25) is 0 Å². The Morgan fingerprint density at radius 1 is 1.40 bits per heavy atom. The average molecular weight is 266 g/mol. The third-order valence-electron chi connectivity index (χ3n) is 2.87. The highest BCUT2D eigenvalue weighted by Crippen LogP contribution is 2.26. The lowest BCUT2D eigenvalue weighted by Gasteiger charge is -2.04. The van der Waals surface area contributed by atoms with E-state index in [0.29, 0.717) is 6.04 Å². The molecule has 0 spiro atoms. The molecule has 3 nitrogen and oxygen atoms in total. The number of benzene rings is 1. The van der Waals surface area contributed by atoms with Crippen LogP contribution in [-0.4, -0.2) is 16.5 Å². The van der Waals surface area contributed by atoms with Gasteiger partial charge >= 0.3 is 0 Å². The van der Waals surface area contributed by atoms with E-state index in [9.17, 15) is 0 Å². The Morgan fingerprint density at radius 2 is 2.33 bits per heavy atom.